The van der Waals surface area contributed by atoms with E-state index in [2.05, 4.69) is 4.74 Å². The van der Waals surface area contributed by atoms with Crippen molar-refractivity contribution < 1.29 is 46.2 Å². The van der Waals surface area contributed by atoms with Crippen LogP contribution >= 0.6 is 0 Å². The SMILES string of the molecule is COC(=O)CCCC(=O)C(O)(CC(=O)[O-])C[N+](C)(C)C.[Cl-]. The monoisotopic (exact) mass is 324 g/mol. The number of carbonyl (C=O) groups excluding carboxylic acids is 3. The Hall–Kier alpha value is -1.18. The molecule has 0 fully saturated rings. The van der Waals surface area contributed by atoms with E-state index in [1.54, 1.807) is 21.1 Å². The van der Waals surface area contributed by atoms with Gasteiger partial charge in [0.25, 0.3) is 0 Å². The van der Waals surface area contributed by atoms with Crippen LogP contribution in [0.3, 0.4) is 0 Å². The van der Waals surface area contributed by atoms with Crippen LogP contribution in [0.1, 0.15) is 25.7 Å². The summed E-state index contributed by atoms with van der Waals surface area (Å²) in [5.74, 6) is -2.53. The van der Waals surface area contributed by atoms with Gasteiger partial charge in [0, 0.05) is 25.2 Å². The summed E-state index contributed by atoms with van der Waals surface area (Å²) >= 11 is 0. The maximum atomic E-state index is 12.0. The number of halogens is 1. The molecule has 7 nitrogen and oxygen atoms in total. The van der Waals surface area contributed by atoms with Gasteiger partial charge in [0.1, 0.15) is 6.54 Å². The summed E-state index contributed by atoms with van der Waals surface area (Å²) in [6, 6.07) is 0. The lowest BCUT2D eigenvalue weighted by atomic mass is 9.90. The third-order valence-electron chi connectivity index (χ3n) is 2.70. The third kappa shape index (κ3) is 9.38. The maximum absolute atomic E-state index is 12.0. The fourth-order valence-electron chi connectivity index (χ4n) is 1.99. The molecule has 0 aliphatic heterocycles. The topological polar surface area (TPSA) is 104 Å². The standard InChI is InChI=1S/C13H23NO6.ClH/c1-14(2,3)9-13(19,8-11(16)17)10(15)6-5-7-12(18)20-4;/h19H,5-9H2,1-4H3;1H/p-1. The molecular formula is C13H23ClNO6-. The normalized spacial score (nSPS) is 13.8. The highest BCUT2D eigenvalue weighted by Gasteiger charge is 2.40. The van der Waals surface area contributed by atoms with Crippen LogP contribution in [0, 0.1) is 0 Å². The first kappa shape index (κ1) is 22.1. The lowest BCUT2D eigenvalue weighted by Gasteiger charge is -2.34. The van der Waals surface area contributed by atoms with Crippen molar-refractivity contribution in [3.05, 3.63) is 0 Å². The van der Waals surface area contributed by atoms with Gasteiger partial charge in [-0.3, -0.25) is 9.59 Å². The van der Waals surface area contributed by atoms with Crippen LogP contribution in [-0.2, 0) is 19.1 Å². The van der Waals surface area contributed by atoms with Gasteiger partial charge in [0.2, 0.25) is 0 Å². The van der Waals surface area contributed by atoms with E-state index in [1.807, 2.05) is 0 Å². The van der Waals surface area contributed by atoms with Gasteiger partial charge in [-0.2, -0.15) is 0 Å². The average Bonchev–Trinajstić information content (AvgIpc) is 2.24. The van der Waals surface area contributed by atoms with Crippen LogP contribution in [0.5, 0.6) is 0 Å². The van der Waals surface area contributed by atoms with Crippen LogP contribution < -0.4 is 17.5 Å². The van der Waals surface area contributed by atoms with Gasteiger partial charge in [-0.1, -0.05) is 0 Å². The van der Waals surface area contributed by atoms with Gasteiger partial charge in [-0.15, -0.1) is 0 Å². The van der Waals surface area contributed by atoms with Gasteiger partial charge >= 0.3 is 5.97 Å². The molecule has 0 aromatic heterocycles. The molecule has 1 unspecified atom stereocenters. The molecule has 0 saturated carbocycles. The van der Waals surface area contributed by atoms with Gasteiger partial charge in [0.15, 0.2) is 11.4 Å². The Bertz CT molecular complexity index is 379. The molecule has 21 heavy (non-hydrogen) atoms. The molecular weight excluding hydrogens is 302 g/mol. The molecule has 0 aliphatic rings. The second-order valence-corrected chi connectivity index (χ2v) is 5.88. The van der Waals surface area contributed by atoms with Crippen LogP contribution in [0.15, 0.2) is 0 Å². The van der Waals surface area contributed by atoms with Crippen molar-refractivity contribution in [2.45, 2.75) is 31.3 Å². The number of Topliss-reactive ketones (excluding diaryl/α,β-unsaturated/α-hetero) is 1. The summed E-state index contributed by atoms with van der Waals surface area (Å²) in [4.78, 5) is 33.7. The van der Waals surface area contributed by atoms with Crippen molar-refractivity contribution in [3.8, 4) is 0 Å². The fourth-order valence-corrected chi connectivity index (χ4v) is 1.99. The van der Waals surface area contributed by atoms with Crippen molar-refractivity contribution in [1.29, 1.82) is 0 Å². The summed E-state index contributed by atoms with van der Waals surface area (Å²) in [5, 5.41) is 21.0. The smallest absolute Gasteiger partial charge is 0.305 e. The summed E-state index contributed by atoms with van der Waals surface area (Å²) in [5.41, 5.74) is -1.98. The predicted molar refractivity (Wildman–Crippen MR) is 68.3 cm³/mol. The molecule has 124 valence electrons. The first-order chi connectivity index (χ1) is 9.00. The minimum Gasteiger partial charge on any atom is -1.00 e. The second kappa shape index (κ2) is 8.96. The fraction of sp³-hybridized carbons (Fsp3) is 0.769. The molecule has 0 heterocycles. The molecule has 1 atom stereocenters. The Morgan fingerprint density at radius 2 is 1.71 bits per heavy atom. The Morgan fingerprint density at radius 3 is 2.10 bits per heavy atom. The van der Waals surface area contributed by atoms with Crippen molar-refractivity contribution >= 4 is 17.7 Å². The zero-order valence-electron chi connectivity index (χ0n) is 12.8. The van der Waals surface area contributed by atoms with Gasteiger partial charge in [0.05, 0.1) is 28.3 Å². The molecule has 0 aromatic rings. The van der Waals surface area contributed by atoms with E-state index in [4.69, 9.17) is 0 Å². The Kier molecular flexibility index (Phi) is 9.44. The number of hydrogen-bond acceptors (Lipinski definition) is 6. The number of carboxylic acid groups (broad SMARTS) is 1. The highest BCUT2D eigenvalue weighted by Crippen LogP contribution is 2.19. The second-order valence-electron chi connectivity index (χ2n) is 5.88. The molecule has 0 saturated heterocycles. The molecule has 0 rings (SSSR count). The zero-order chi connectivity index (χ0) is 16.0. The number of hydrogen-bond donors (Lipinski definition) is 1. The number of ketones is 1. The first-order valence-electron chi connectivity index (χ1n) is 6.33. The van der Waals surface area contributed by atoms with E-state index in [1.165, 1.54) is 7.11 Å². The van der Waals surface area contributed by atoms with E-state index >= 15 is 0 Å². The molecule has 1 N–H and O–H groups in total. The van der Waals surface area contributed by atoms with Gasteiger partial charge in [-0.25, -0.2) is 0 Å². The number of aliphatic carboxylic acids is 1. The summed E-state index contributed by atoms with van der Waals surface area (Å²) in [6.07, 6.45) is -0.579. The van der Waals surface area contributed by atoms with Crippen molar-refractivity contribution in [2.75, 3.05) is 34.8 Å². The Labute approximate surface area is 130 Å². The number of carboxylic acids is 1. The van der Waals surface area contributed by atoms with E-state index in [0.29, 0.717) is 0 Å². The number of carbonyl (C=O) groups is 3. The van der Waals surface area contributed by atoms with Crippen molar-refractivity contribution in [3.63, 3.8) is 0 Å². The quantitative estimate of drug-likeness (QED) is 0.338. The number of methoxy groups -OCH3 is 1. The first-order valence-corrected chi connectivity index (χ1v) is 6.33. The molecule has 0 spiro atoms. The van der Waals surface area contributed by atoms with Crippen LogP contribution in [0.25, 0.3) is 0 Å². The van der Waals surface area contributed by atoms with Gasteiger partial charge in [-0.05, 0) is 6.42 Å². The number of likely N-dealkylation sites (N-methyl/N-ethyl adjacent to an activating group) is 1. The summed E-state index contributed by atoms with van der Waals surface area (Å²) < 4.78 is 4.67. The zero-order valence-corrected chi connectivity index (χ0v) is 13.6. The highest BCUT2D eigenvalue weighted by molar-refractivity contribution is 5.90. The average molecular weight is 325 g/mol. The third-order valence-corrected chi connectivity index (χ3v) is 2.70. The van der Waals surface area contributed by atoms with Crippen molar-refractivity contribution in [2.24, 2.45) is 0 Å². The molecule has 0 aliphatic carbocycles. The summed E-state index contributed by atoms with van der Waals surface area (Å²) in [7, 11) is 6.46. The van der Waals surface area contributed by atoms with E-state index in [9.17, 15) is 24.6 Å². The van der Waals surface area contributed by atoms with Crippen molar-refractivity contribution in [1.82, 2.24) is 0 Å². The van der Waals surface area contributed by atoms with Crippen LogP contribution in [0.2, 0.25) is 0 Å². The Morgan fingerprint density at radius 1 is 1.19 bits per heavy atom. The number of nitrogens with zero attached hydrogens (tertiary/aromatic N) is 1. The number of quaternary nitrogens is 1. The number of aliphatic hydroxyl groups is 1. The summed E-state index contributed by atoms with van der Waals surface area (Å²) in [6.45, 7) is -0.0436. The van der Waals surface area contributed by atoms with E-state index in [0.717, 1.165) is 0 Å². The van der Waals surface area contributed by atoms with Crippen LogP contribution in [0.4, 0.5) is 0 Å². The van der Waals surface area contributed by atoms with E-state index < -0.39 is 29.7 Å². The Balaban J connectivity index is 0. The number of rotatable bonds is 9. The van der Waals surface area contributed by atoms with E-state index in [-0.39, 0.29) is 42.7 Å². The minimum atomic E-state index is -1.98. The molecule has 8 heteroatoms. The van der Waals surface area contributed by atoms with Crippen LogP contribution in [-0.4, -0.2) is 67.7 Å². The molecule has 0 bridgehead atoms. The maximum Gasteiger partial charge on any atom is 0.305 e. The molecule has 0 amide bonds. The largest absolute Gasteiger partial charge is 1.00 e. The van der Waals surface area contributed by atoms with Gasteiger partial charge < -0.3 is 36.6 Å². The molecule has 0 aromatic carbocycles. The predicted octanol–water partition coefficient (Wildman–Crippen LogP) is -4.52. The lowest BCUT2D eigenvalue weighted by Crippen LogP contribution is -3.00. The number of esters is 1. The number of ether oxygens (including phenoxy) is 1. The minimum absolute atomic E-state index is 0. The highest BCUT2D eigenvalue weighted by atomic mass is 35.5. The lowest BCUT2D eigenvalue weighted by molar-refractivity contribution is -0.875. The molecule has 0 radical (unpaired) electrons.